The van der Waals surface area contributed by atoms with Crippen LogP contribution < -0.4 is 15.3 Å². The molecule has 0 N–H and O–H groups in total. The fraction of sp³-hybridized carbons (Fsp3) is 0.333. The van der Waals surface area contributed by atoms with E-state index in [4.69, 9.17) is 0 Å². The van der Waals surface area contributed by atoms with E-state index in [1.165, 1.54) is 10.4 Å². The highest BCUT2D eigenvalue weighted by molar-refractivity contribution is 7.01. The lowest BCUT2D eigenvalue weighted by molar-refractivity contribution is 0.627. The van der Waals surface area contributed by atoms with Gasteiger partial charge in [-0.2, -0.15) is 0 Å². The van der Waals surface area contributed by atoms with Gasteiger partial charge in [0.15, 0.2) is 0 Å². The van der Waals surface area contributed by atoms with Crippen molar-refractivity contribution in [2.24, 2.45) is 0 Å². The molecule has 0 saturated heterocycles. The van der Waals surface area contributed by atoms with Crippen molar-refractivity contribution in [3.05, 3.63) is 54.3 Å². The monoisotopic (exact) mass is 301 g/mol. The third-order valence-corrected chi connectivity index (χ3v) is 7.78. The Hall–Kier alpha value is -1.61. The molecule has 2 aromatic rings. The number of nitrogens with zero attached hydrogens (tertiary/aromatic N) is 1. The van der Waals surface area contributed by atoms with Crippen LogP contribution in [0.5, 0.6) is 0 Å². The summed E-state index contributed by atoms with van der Waals surface area (Å²) in [6, 6.07) is 15.9. The maximum absolute atomic E-state index is 13.8. The average Bonchev–Trinajstić information content (AvgIpc) is 2.49. The van der Waals surface area contributed by atoms with Crippen LogP contribution in [0.2, 0.25) is 13.1 Å². The molecule has 0 radical (unpaired) electrons. The zero-order valence-corrected chi connectivity index (χ0v) is 14.4. The molecule has 2 aromatic carbocycles. The molecule has 21 heavy (non-hydrogen) atoms. The van der Waals surface area contributed by atoms with Gasteiger partial charge in [0.2, 0.25) is 0 Å². The van der Waals surface area contributed by atoms with Gasteiger partial charge in [-0.1, -0.05) is 54.7 Å². The molecule has 0 aromatic heterocycles. The van der Waals surface area contributed by atoms with Crippen molar-refractivity contribution >= 4 is 24.1 Å². The van der Waals surface area contributed by atoms with Crippen LogP contribution in [0.4, 0.5) is 10.1 Å². The molecule has 0 atom stereocenters. The third kappa shape index (κ3) is 3.18. The molecule has 3 heteroatoms. The molecule has 0 fully saturated rings. The Morgan fingerprint density at radius 2 is 1.57 bits per heavy atom. The van der Waals surface area contributed by atoms with E-state index < -0.39 is 8.07 Å². The van der Waals surface area contributed by atoms with Crippen LogP contribution in [0.15, 0.2) is 48.5 Å². The second-order valence-electron chi connectivity index (χ2n) is 5.82. The molecule has 0 saturated carbocycles. The van der Waals surface area contributed by atoms with Gasteiger partial charge in [-0.15, -0.1) is 0 Å². The summed E-state index contributed by atoms with van der Waals surface area (Å²) >= 11 is 0. The topological polar surface area (TPSA) is 3.24 Å². The third-order valence-electron chi connectivity index (χ3n) is 4.23. The van der Waals surface area contributed by atoms with E-state index in [1.807, 2.05) is 12.1 Å². The first-order chi connectivity index (χ1) is 10.0. The lowest BCUT2D eigenvalue weighted by Crippen LogP contribution is -2.54. The van der Waals surface area contributed by atoms with E-state index in [2.05, 4.69) is 56.1 Å². The molecule has 0 unspecified atom stereocenters. The maximum Gasteiger partial charge on any atom is 0.125 e. The van der Waals surface area contributed by atoms with Crippen LogP contribution >= 0.6 is 0 Å². The summed E-state index contributed by atoms with van der Waals surface area (Å²) in [7, 11) is -1.83. The van der Waals surface area contributed by atoms with E-state index in [9.17, 15) is 4.39 Å². The van der Waals surface area contributed by atoms with Gasteiger partial charge in [0.1, 0.15) is 13.9 Å². The molecule has 0 aliphatic carbocycles. The highest BCUT2D eigenvalue weighted by Crippen LogP contribution is 2.18. The average molecular weight is 301 g/mol. The number of rotatable bonds is 5. The van der Waals surface area contributed by atoms with E-state index in [1.54, 1.807) is 12.1 Å². The van der Waals surface area contributed by atoms with E-state index in [-0.39, 0.29) is 5.82 Å². The minimum Gasteiger partial charge on any atom is -0.372 e. The zero-order valence-electron chi connectivity index (χ0n) is 13.4. The zero-order chi connectivity index (χ0) is 15.5. The normalized spacial score (nSPS) is 11.5. The number of benzene rings is 2. The summed E-state index contributed by atoms with van der Waals surface area (Å²) in [5.41, 5.74) is 1.06. The van der Waals surface area contributed by atoms with Crippen LogP contribution in [0.3, 0.4) is 0 Å². The van der Waals surface area contributed by atoms with Gasteiger partial charge in [0, 0.05) is 18.8 Å². The van der Waals surface area contributed by atoms with Crippen LogP contribution in [0.25, 0.3) is 0 Å². The van der Waals surface area contributed by atoms with Crippen LogP contribution in [0.1, 0.15) is 13.8 Å². The fourth-order valence-corrected chi connectivity index (χ4v) is 5.58. The summed E-state index contributed by atoms with van der Waals surface area (Å²) in [4.78, 5) is 2.25. The predicted octanol–water partition coefficient (Wildman–Crippen LogP) is 3.49. The van der Waals surface area contributed by atoms with Gasteiger partial charge in [0.05, 0.1) is 0 Å². The molecule has 0 heterocycles. The summed E-state index contributed by atoms with van der Waals surface area (Å²) in [6.45, 7) is 10.7. The first kappa shape index (κ1) is 15.8. The Bertz CT molecular complexity index is 591. The number of halogens is 1. The van der Waals surface area contributed by atoms with Crippen molar-refractivity contribution in [2.45, 2.75) is 26.9 Å². The van der Waals surface area contributed by atoms with Crippen molar-refractivity contribution in [2.75, 3.05) is 18.0 Å². The second-order valence-corrected chi connectivity index (χ2v) is 10.2. The molecule has 0 amide bonds. The SMILES string of the molecule is CCN(CC)c1cc(F)ccc1[Si](C)(C)c1ccccc1. The summed E-state index contributed by atoms with van der Waals surface area (Å²) in [5.74, 6) is -0.154. The van der Waals surface area contributed by atoms with Gasteiger partial charge in [-0.25, -0.2) is 4.39 Å². The molecular weight excluding hydrogens is 277 g/mol. The second kappa shape index (κ2) is 6.44. The lowest BCUT2D eigenvalue weighted by Gasteiger charge is -2.31. The van der Waals surface area contributed by atoms with Crippen molar-refractivity contribution in [1.29, 1.82) is 0 Å². The van der Waals surface area contributed by atoms with Crippen molar-refractivity contribution in [3.63, 3.8) is 0 Å². The fourth-order valence-electron chi connectivity index (χ4n) is 2.87. The molecule has 0 aliphatic heterocycles. The highest BCUT2D eigenvalue weighted by Gasteiger charge is 2.29. The molecule has 0 spiro atoms. The first-order valence-electron chi connectivity index (χ1n) is 7.61. The van der Waals surface area contributed by atoms with Crippen molar-refractivity contribution in [1.82, 2.24) is 0 Å². The Kier molecular flexibility index (Phi) is 4.83. The van der Waals surface area contributed by atoms with Crippen molar-refractivity contribution < 1.29 is 4.39 Å². The Morgan fingerprint density at radius 3 is 2.14 bits per heavy atom. The number of anilines is 1. The lowest BCUT2D eigenvalue weighted by atomic mass is 10.2. The van der Waals surface area contributed by atoms with Crippen LogP contribution in [0, 0.1) is 5.82 Å². The maximum atomic E-state index is 13.8. The van der Waals surface area contributed by atoms with Crippen molar-refractivity contribution in [3.8, 4) is 0 Å². The van der Waals surface area contributed by atoms with E-state index in [0.717, 1.165) is 18.8 Å². The Labute approximate surface area is 128 Å². The van der Waals surface area contributed by atoms with Gasteiger partial charge in [-0.05, 0) is 31.2 Å². The van der Waals surface area contributed by atoms with E-state index >= 15 is 0 Å². The van der Waals surface area contributed by atoms with Gasteiger partial charge in [0.25, 0.3) is 0 Å². The molecule has 0 bridgehead atoms. The predicted molar refractivity (Wildman–Crippen MR) is 93.2 cm³/mol. The van der Waals surface area contributed by atoms with Crippen LogP contribution in [-0.2, 0) is 0 Å². The molecule has 0 aliphatic rings. The van der Waals surface area contributed by atoms with E-state index in [0.29, 0.717) is 0 Å². The molecule has 1 nitrogen and oxygen atoms in total. The van der Waals surface area contributed by atoms with Gasteiger partial charge in [-0.3, -0.25) is 0 Å². The van der Waals surface area contributed by atoms with Gasteiger partial charge >= 0.3 is 0 Å². The minimum absolute atomic E-state index is 0.154. The Balaban J connectivity index is 2.57. The summed E-state index contributed by atoms with van der Waals surface area (Å²) in [6.07, 6.45) is 0. The Morgan fingerprint density at radius 1 is 0.952 bits per heavy atom. The smallest absolute Gasteiger partial charge is 0.125 e. The largest absolute Gasteiger partial charge is 0.372 e. The molecule has 2 rings (SSSR count). The first-order valence-corrected chi connectivity index (χ1v) is 10.6. The minimum atomic E-state index is -1.83. The summed E-state index contributed by atoms with van der Waals surface area (Å²) in [5, 5.41) is 2.68. The standard InChI is InChI=1S/C18H24FNSi/c1-5-20(6-2)17-14-15(19)12-13-18(17)21(3,4)16-10-8-7-9-11-16/h7-14H,5-6H2,1-4H3. The number of hydrogen-bond acceptors (Lipinski definition) is 1. The number of hydrogen-bond donors (Lipinski definition) is 0. The highest BCUT2D eigenvalue weighted by atomic mass is 28.3. The molecule has 112 valence electrons. The van der Waals surface area contributed by atoms with Crippen LogP contribution in [-0.4, -0.2) is 21.2 Å². The quantitative estimate of drug-likeness (QED) is 0.764. The van der Waals surface area contributed by atoms with Gasteiger partial charge < -0.3 is 4.90 Å². The summed E-state index contributed by atoms with van der Waals surface area (Å²) < 4.78 is 13.8. The molecular formula is C18H24FNSi.